The molecule has 0 N–H and O–H groups in total. The van der Waals surface area contributed by atoms with Gasteiger partial charge in [-0.1, -0.05) is 18.6 Å². The van der Waals surface area contributed by atoms with Crippen LogP contribution >= 0.6 is 0 Å². The highest BCUT2D eigenvalue weighted by Crippen LogP contribution is 2.30. The van der Waals surface area contributed by atoms with Crippen LogP contribution in [0.15, 0.2) is 24.4 Å². The van der Waals surface area contributed by atoms with E-state index in [2.05, 4.69) is 36.1 Å². The Bertz CT molecular complexity index is 767. The highest BCUT2D eigenvalue weighted by molar-refractivity contribution is 6.06. The van der Waals surface area contributed by atoms with Crippen LogP contribution in [0.25, 0.3) is 10.9 Å². The van der Waals surface area contributed by atoms with E-state index in [0.717, 1.165) is 35.2 Å². The van der Waals surface area contributed by atoms with Gasteiger partial charge in [0, 0.05) is 36.2 Å². The van der Waals surface area contributed by atoms with Gasteiger partial charge < -0.3 is 4.90 Å². The molecule has 2 aromatic rings. The second kappa shape index (κ2) is 7.51. The fourth-order valence-corrected chi connectivity index (χ4v) is 4.34. The standard InChI is InChI=1S/C22H31N3O/c1-16(2)25-15-19-7-4-8-20(22(19)23-25)21(26)13-17-9-11-24(12-10-17)14-18-5-3-6-18/h4,7-8,15-18H,3,5-6,9-14H2,1-2H3. The van der Waals surface area contributed by atoms with Gasteiger partial charge in [-0.05, 0) is 70.5 Å². The summed E-state index contributed by atoms with van der Waals surface area (Å²) in [5.74, 6) is 1.74. The van der Waals surface area contributed by atoms with E-state index < -0.39 is 0 Å². The van der Waals surface area contributed by atoms with E-state index in [4.69, 9.17) is 0 Å². The smallest absolute Gasteiger partial charge is 0.165 e. The monoisotopic (exact) mass is 353 g/mol. The van der Waals surface area contributed by atoms with Crippen molar-refractivity contribution in [1.29, 1.82) is 0 Å². The molecule has 1 aliphatic heterocycles. The Morgan fingerprint density at radius 1 is 1.15 bits per heavy atom. The highest BCUT2D eigenvalue weighted by atomic mass is 16.1. The zero-order valence-corrected chi connectivity index (χ0v) is 16.2. The molecule has 1 saturated carbocycles. The van der Waals surface area contributed by atoms with Gasteiger partial charge in [-0.3, -0.25) is 9.48 Å². The van der Waals surface area contributed by atoms with Gasteiger partial charge in [0.2, 0.25) is 0 Å². The summed E-state index contributed by atoms with van der Waals surface area (Å²) < 4.78 is 1.96. The average Bonchev–Trinajstić information content (AvgIpc) is 3.04. The molecule has 0 amide bonds. The van der Waals surface area contributed by atoms with Gasteiger partial charge in [0.05, 0.1) is 0 Å². The number of rotatable bonds is 6. The Labute approximate surface area is 156 Å². The molecule has 0 atom stereocenters. The molecule has 4 nitrogen and oxygen atoms in total. The lowest BCUT2D eigenvalue weighted by Gasteiger charge is -2.36. The van der Waals surface area contributed by atoms with Gasteiger partial charge >= 0.3 is 0 Å². The summed E-state index contributed by atoms with van der Waals surface area (Å²) >= 11 is 0. The van der Waals surface area contributed by atoms with Crippen LogP contribution in [0.3, 0.4) is 0 Å². The maximum absolute atomic E-state index is 13.0. The number of nitrogens with zero attached hydrogens (tertiary/aromatic N) is 3. The molecule has 140 valence electrons. The minimum absolute atomic E-state index is 0.266. The van der Waals surface area contributed by atoms with Crippen molar-refractivity contribution in [2.24, 2.45) is 11.8 Å². The van der Waals surface area contributed by atoms with Crippen LogP contribution in [0.1, 0.15) is 68.8 Å². The van der Waals surface area contributed by atoms with E-state index in [1.807, 2.05) is 16.8 Å². The van der Waals surface area contributed by atoms with Crippen molar-refractivity contribution in [3.8, 4) is 0 Å². The Hall–Kier alpha value is -1.68. The van der Waals surface area contributed by atoms with Crippen LogP contribution in [-0.4, -0.2) is 40.1 Å². The van der Waals surface area contributed by atoms with E-state index in [-0.39, 0.29) is 5.78 Å². The van der Waals surface area contributed by atoms with Crippen molar-refractivity contribution in [3.05, 3.63) is 30.0 Å². The molecular weight excluding hydrogens is 322 g/mol. The number of piperidine rings is 1. The molecule has 2 heterocycles. The first-order chi connectivity index (χ1) is 12.6. The molecule has 26 heavy (non-hydrogen) atoms. The first-order valence-corrected chi connectivity index (χ1v) is 10.3. The van der Waals surface area contributed by atoms with Crippen LogP contribution in [0.5, 0.6) is 0 Å². The molecule has 2 aliphatic rings. The number of hydrogen-bond donors (Lipinski definition) is 0. The van der Waals surface area contributed by atoms with Gasteiger partial charge in [-0.25, -0.2) is 0 Å². The normalized spacial score (nSPS) is 20.0. The van der Waals surface area contributed by atoms with E-state index in [0.29, 0.717) is 18.4 Å². The van der Waals surface area contributed by atoms with E-state index in [9.17, 15) is 4.79 Å². The molecule has 0 bridgehead atoms. The number of fused-ring (bicyclic) bond motifs is 1. The summed E-state index contributed by atoms with van der Waals surface area (Å²) in [4.78, 5) is 15.6. The number of carbonyl (C=O) groups is 1. The molecule has 1 aliphatic carbocycles. The summed E-state index contributed by atoms with van der Waals surface area (Å²) in [5.41, 5.74) is 1.67. The lowest BCUT2D eigenvalue weighted by Crippen LogP contribution is -2.39. The highest BCUT2D eigenvalue weighted by Gasteiger charge is 2.26. The summed E-state index contributed by atoms with van der Waals surface area (Å²) in [7, 11) is 0. The number of aromatic nitrogens is 2. The summed E-state index contributed by atoms with van der Waals surface area (Å²) in [5, 5.41) is 5.74. The van der Waals surface area contributed by atoms with E-state index in [1.54, 1.807) is 0 Å². The third kappa shape index (κ3) is 3.71. The third-order valence-electron chi connectivity index (χ3n) is 6.31. The molecule has 1 saturated heterocycles. The predicted molar refractivity (Wildman–Crippen MR) is 106 cm³/mol. The van der Waals surface area contributed by atoms with Gasteiger partial charge in [-0.15, -0.1) is 0 Å². The topological polar surface area (TPSA) is 38.1 Å². The van der Waals surface area contributed by atoms with Crippen LogP contribution in [0, 0.1) is 11.8 Å². The number of Topliss-reactive ketones (excluding diaryl/α,β-unsaturated/α-hetero) is 1. The van der Waals surface area contributed by atoms with Crippen molar-refractivity contribution < 1.29 is 4.79 Å². The van der Waals surface area contributed by atoms with Crippen molar-refractivity contribution in [2.45, 2.75) is 58.4 Å². The van der Waals surface area contributed by atoms with Crippen molar-refractivity contribution in [1.82, 2.24) is 14.7 Å². The summed E-state index contributed by atoms with van der Waals surface area (Å²) in [6.07, 6.45) is 9.31. The van der Waals surface area contributed by atoms with Gasteiger partial charge in [0.25, 0.3) is 0 Å². The number of benzene rings is 1. The third-order valence-corrected chi connectivity index (χ3v) is 6.31. The fraction of sp³-hybridized carbons (Fsp3) is 0.636. The first-order valence-electron chi connectivity index (χ1n) is 10.3. The van der Waals surface area contributed by atoms with Gasteiger partial charge in [0.15, 0.2) is 5.78 Å². The number of hydrogen-bond acceptors (Lipinski definition) is 3. The van der Waals surface area contributed by atoms with E-state index in [1.165, 1.54) is 38.9 Å². The quantitative estimate of drug-likeness (QED) is 0.706. The maximum Gasteiger partial charge on any atom is 0.165 e. The molecule has 1 aromatic carbocycles. The lowest BCUT2D eigenvalue weighted by molar-refractivity contribution is 0.0905. The van der Waals surface area contributed by atoms with Crippen LogP contribution in [0.4, 0.5) is 0 Å². The van der Waals surface area contributed by atoms with Crippen LogP contribution in [-0.2, 0) is 0 Å². The summed E-state index contributed by atoms with van der Waals surface area (Å²) in [6.45, 7) is 7.85. The summed E-state index contributed by atoms with van der Waals surface area (Å²) in [6, 6.07) is 6.30. The Kier molecular flexibility index (Phi) is 5.12. The minimum atomic E-state index is 0.266. The fourth-order valence-electron chi connectivity index (χ4n) is 4.34. The Balaban J connectivity index is 1.38. The molecule has 4 heteroatoms. The number of likely N-dealkylation sites (tertiary alicyclic amines) is 1. The molecule has 0 unspecified atom stereocenters. The van der Waals surface area contributed by atoms with Crippen LogP contribution < -0.4 is 0 Å². The maximum atomic E-state index is 13.0. The van der Waals surface area contributed by atoms with Crippen molar-refractivity contribution in [3.63, 3.8) is 0 Å². The van der Waals surface area contributed by atoms with Crippen LogP contribution in [0.2, 0.25) is 0 Å². The number of ketones is 1. The Morgan fingerprint density at radius 2 is 1.92 bits per heavy atom. The second-order valence-corrected chi connectivity index (χ2v) is 8.61. The first kappa shape index (κ1) is 17.7. The van der Waals surface area contributed by atoms with E-state index >= 15 is 0 Å². The van der Waals surface area contributed by atoms with Gasteiger partial charge in [-0.2, -0.15) is 5.10 Å². The van der Waals surface area contributed by atoms with Crippen molar-refractivity contribution in [2.75, 3.05) is 19.6 Å². The average molecular weight is 354 g/mol. The number of carbonyl (C=O) groups excluding carboxylic acids is 1. The molecule has 4 rings (SSSR count). The lowest BCUT2D eigenvalue weighted by atomic mass is 9.84. The predicted octanol–water partition coefficient (Wildman–Crippen LogP) is 4.70. The van der Waals surface area contributed by atoms with Crippen molar-refractivity contribution >= 4 is 16.7 Å². The van der Waals surface area contributed by atoms with Gasteiger partial charge in [0.1, 0.15) is 5.52 Å². The molecule has 0 radical (unpaired) electrons. The Morgan fingerprint density at radius 3 is 2.58 bits per heavy atom. The largest absolute Gasteiger partial charge is 0.303 e. The minimum Gasteiger partial charge on any atom is -0.303 e. The molecule has 0 spiro atoms. The zero-order valence-electron chi connectivity index (χ0n) is 16.2. The molecule has 1 aromatic heterocycles. The SMILES string of the molecule is CC(C)n1cc2cccc(C(=O)CC3CCN(CC4CCC4)CC3)c2n1. The molecular formula is C22H31N3O. The second-order valence-electron chi connectivity index (χ2n) is 8.61. The molecule has 2 fully saturated rings. The zero-order chi connectivity index (χ0) is 18.1.